The summed E-state index contributed by atoms with van der Waals surface area (Å²) in [5.41, 5.74) is 9.60. The lowest BCUT2D eigenvalue weighted by Gasteiger charge is -1.94. The number of aromatic nitrogens is 1. The highest BCUT2D eigenvalue weighted by molar-refractivity contribution is 6.30. The standard InChI is InChI=1S/C10H7ClN4O/c11-8-3-1-7(2-4-8)10-14-9(6-16-10)5-13-15-12/h1-4,6H,5H2. The van der Waals surface area contributed by atoms with Gasteiger partial charge in [0.25, 0.3) is 0 Å². The molecule has 1 aromatic heterocycles. The van der Waals surface area contributed by atoms with Crippen LogP contribution < -0.4 is 0 Å². The molecule has 0 bridgehead atoms. The molecule has 0 aliphatic carbocycles. The predicted molar refractivity (Wildman–Crippen MR) is 59.8 cm³/mol. The zero-order valence-corrected chi connectivity index (χ0v) is 8.92. The van der Waals surface area contributed by atoms with E-state index in [9.17, 15) is 0 Å². The Kier molecular flexibility index (Phi) is 3.10. The van der Waals surface area contributed by atoms with Crippen LogP contribution in [0.4, 0.5) is 0 Å². The third-order valence-corrected chi connectivity index (χ3v) is 2.19. The monoisotopic (exact) mass is 234 g/mol. The molecule has 0 radical (unpaired) electrons. The molecule has 0 aliphatic rings. The van der Waals surface area contributed by atoms with Crippen LogP contribution in [0.3, 0.4) is 0 Å². The summed E-state index contributed by atoms with van der Waals surface area (Å²) in [6, 6.07) is 7.14. The van der Waals surface area contributed by atoms with Crippen molar-refractivity contribution in [2.24, 2.45) is 5.11 Å². The fourth-order valence-corrected chi connectivity index (χ4v) is 1.33. The summed E-state index contributed by atoms with van der Waals surface area (Å²) in [7, 11) is 0. The fraction of sp³-hybridized carbons (Fsp3) is 0.100. The van der Waals surface area contributed by atoms with E-state index in [2.05, 4.69) is 15.0 Å². The summed E-state index contributed by atoms with van der Waals surface area (Å²) in [4.78, 5) is 6.82. The van der Waals surface area contributed by atoms with Gasteiger partial charge < -0.3 is 4.42 Å². The quantitative estimate of drug-likeness (QED) is 0.460. The highest BCUT2D eigenvalue weighted by Crippen LogP contribution is 2.20. The van der Waals surface area contributed by atoms with Gasteiger partial charge in [0.2, 0.25) is 5.89 Å². The lowest BCUT2D eigenvalue weighted by Crippen LogP contribution is -1.81. The minimum absolute atomic E-state index is 0.188. The number of rotatable bonds is 3. The van der Waals surface area contributed by atoms with Crippen LogP contribution in [0.25, 0.3) is 21.9 Å². The Morgan fingerprint density at radius 3 is 2.81 bits per heavy atom. The van der Waals surface area contributed by atoms with Crippen LogP contribution in [0, 0.1) is 0 Å². The third kappa shape index (κ3) is 2.34. The van der Waals surface area contributed by atoms with Gasteiger partial charge in [-0.05, 0) is 29.8 Å². The maximum absolute atomic E-state index is 8.17. The minimum atomic E-state index is 0.188. The van der Waals surface area contributed by atoms with Crippen molar-refractivity contribution >= 4 is 11.6 Å². The van der Waals surface area contributed by atoms with Crippen LogP contribution in [-0.4, -0.2) is 4.98 Å². The number of halogens is 1. The van der Waals surface area contributed by atoms with Gasteiger partial charge in [-0.15, -0.1) is 0 Å². The van der Waals surface area contributed by atoms with E-state index < -0.39 is 0 Å². The molecule has 1 aromatic carbocycles. The molecule has 5 nitrogen and oxygen atoms in total. The van der Waals surface area contributed by atoms with Crippen LogP contribution in [0.1, 0.15) is 5.69 Å². The number of nitrogens with zero attached hydrogens (tertiary/aromatic N) is 4. The second kappa shape index (κ2) is 4.70. The lowest BCUT2D eigenvalue weighted by atomic mass is 10.2. The molecular weight excluding hydrogens is 228 g/mol. The molecule has 0 atom stereocenters. The van der Waals surface area contributed by atoms with Crippen LogP contribution >= 0.6 is 11.6 Å². The Bertz CT molecular complexity index is 528. The summed E-state index contributed by atoms with van der Waals surface area (Å²) in [5, 5.41) is 4.06. The highest BCUT2D eigenvalue weighted by Gasteiger charge is 2.05. The Morgan fingerprint density at radius 2 is 2.12 bits per heavy atom. The average molecular weight is 235 g/mol. The molecule has 6 heteroatoms. The third-order valence-electron chi connectivity index (χ3n) is 1.94. The molecule has 0 saturated heterocycles. The molecular formula is C10H7ClN4O. The predicted octanol–water partition coefficient (Wildman–Crippen LogP) is 3.81. The van der Waals surface area contributed by atoms with Crippen LogP contribution in [0.15, 0.2) is 40.1 Å². The SMILES string of the molecule is [N-]=[N+]=NCc1coc(-c2ccc(Cl)cc2)n1. The summed E-state index contributed by atoms with van der Waals surface area (Å²) >= 11 is 5.77. The van der Waals surface area contributed by atoms with E-state index in [0.29, 0.717) is 16.6 Å². The maximum atomic E-state index is 8.17. The van der Waals surface area contributed by atoms with Gasteiger partial charge in [0.15, 0.2) is 0 Å². The van der Waals surface area contributed by atoms with E-state index in [-0.39, 0.29) is 6.54 Å². The zero-order chi connectivity index (χ0) is 11.4. The number of benzene rings is 1. The number of hydrogen-bond donors (Lipinski definition) is 0. The van der Waals surface area contributed by atoms with Gasteiger partial charge in [0.1, 0.15) is 6.26 Å². The Balaban J connectivity index is 2.24. The van der Waals surface area contributed by atoms with E-state index in [4.69, 9.17) is 21.5 Å². The Labute approximate surface area is 96.3 Å². The first-order chi connectivity index (χ1) is 7.79. The van der Waals surface area contributed by atoms with Crippen molar-refractivity contribution in [2.75, 3.05) is 0 Å². The maximum Gasteiger partial charge on any atom is 0.226 e. The molecule has 2 aromatic rings. The summed E-state index contributed by atoms with van der Waals surface area (Å²) in [6.07, 6.45) is 1.47. The number of azide groups is 1. The van der Waals surface area contributed by atoms with Gasteiger partial charge in [0, 0.05) is 15.5 Å². The van der Waals surface area contributed by atoms with Gasteiger partial charge >= 0.3 is 0 Å². The van der Waals surface area contributed by atoms with Crippen molar-refractivity contribution in [1.29, 1.82) is 0 Å². The first-order valence-electron chi connectivity index (χ1n) is 4.51. The smallest absolute Gasteiger partial charge is 0.226 e. The largest absolute Gasteiger partial charge is 0.444 e. The first kappa shape index (κ1) is 10.5. The molecule has 2 rings (SSSR count). The van der Waals surface area contributed by atoms with Gasteiger partial charge in [-0.2, -0.15) is 0 Å². The van der Waals surface area contributed by atoms with Crippen molar-refractivity contribution in [3.8, 4) is 11.5 Å². The van der Waals surface area contributed by atoms with E-state index >= 15 is 0 Å². The van der Waals surface area contributed by atoms with Gasteiger partial charge in [0.05, 0.1) is 12.2 Å². The summed E-state index contributed by atoms with van der Waals surface area (Å²) in [5.74, 6) is 0.486. The number of hydrogen-bond acceptors (Lipinski definition) is 3. The molecule has 80 valence electrons. The minimum Gasteiger partial charge on any atom is -0.444 e. The van der Waals surface area contributed by atoms with Crippen molar-refractivity contribution in [3.05, 3.63) is 51.7 Å². The van der Waals surface area contributed by atoms with Crippen LogP contribution in [0.2, 0.25) is 5.02 Å². The molecule has 0 unspecified atom stereocenters. The van der Waals surface area contributed by atoms with E-state index in [1.165, 1.54) is 6.26 Å². The Hall–Kier alpha value is -1.97. The topological polar surface area (TPSA) is 74.8 Å². The summed E-state index contributed by atoms with van der Waals surface area (Å²) in [6.45, 7) is 0.188. The number of oxazole rings is 1. The molecule has 0 N–H and O–H groups in total. The van der Waals surface area contributed by atoms with Gasteiger partial charge in [-0.25, -0.2) is 4.98 Å². The highest BCUT2D eigenvalue weighted by atomic mass is 35.5. The molecule has 16 heavy (non-hydrogen) atoms. The Morgan fingerprint density at radius 1 is 1.38 bits per heavy atom. The van der Waals surface area contributed by atoms with Crippen LogP contribution in [0.5, 0.6) is 0 Å². The summed E-state index contributed by atoms with van der Waals surface area (Å²) < 4.78 is 5.25. The molecule has 0 amide bonds. The van der Waals surface area contributed by atoms with Gasteiger partial charge in [-0.3, -0.25) is 0 Å². The van der Waals surface area contributed by atoms with Crippen molar-refractivity contribution in [2.45, 2.75) is 6.54 Å². The zero-order valence-electron chi connectivity index (χ0n) is 8.17. The lowest BCUT2D eigenvalue weighted by molar-refractivity contribution is 0.572. The molecule has 0 saturated carbocycles. The van der Waals surface area contributed by atoms with Crippen molar-refractivity contribution < 1.29 is 4.42 Å². The second-order valence-corrected chi connectivity index (χ2v) is 3.48. The molecule has 0 spiro atoms. The van der Waals surface area contributed by atoms with E-state index in [1.54, 1.807) is 12.1 Å². The molecule has 0 fully saturated rings. The van der Waals surface area contributed by atoms with Crippen LogP contribution in [-0.2, 0) is 6.54 Å². The first-order valence-corrected chi connectivity index (χ1v) is 4.88. The van der Waals surface area contributed by atoms with E-state index in [1.807, 2.05) is 12.1 Å². The van der Waals surface area contributed by atoms with Gasteiger partial charge in [-0.1, -0.05) is 16.7 Å². The second-order valence-electron chi connectivity index (χ2n) is 3.04. The van der Waals surface area contributed by atoms with Crippen molar-refractivity contribution in [1.82, 2.24) is 4.98 Å². The molecule has 0 aliphatic heterocycles. The normalized spacial score (nSPS) is 9.81. The fourth-order valence-electron chi connectivity index (χ4n) is 1.21. The van der Waals surface area contributed by atoms with Crippen molar-refractivity contribution in [3.63, 3.8) is 0 Å². The van der Waals surface area contributed by atoms with E-state index in [0.717, 1.165) is 5.56 Å². The average Bonchev–Trinajstić information content (AvgIpc) is 2.76. The molecule has 1 heterocycles.